The molecule has 4 nitrogen and oxygen atoms in total. The molecule has 4 heteroatoms. The summed E-state index contributed by atoms with van der Waals surface area (Å²) in [6.45, 7) is 1.70. The van der Waals surface area contributed by atoms with Crippen LogP contribution < -0.4 is 0 Å². The highest BCUT2D eigenvalue weighted by Gasteiger charge is 2.16. The number of benzene rings is 1. The molecule has 0 heterocycles. The zero-order valence-electron chi connectivity index (χ0n) is 8.40. The molecular formula is C11H9NO3. The highest BCUT2D eigenvalue weighted by molar-refractivity contribution is 5.96. The quantitative estimate of drug-likeness (QED) is 0.539. The van der Waals surface area contributed by atoms with Gasteiger partial charge in [0.05, 0.1) is 18.2 Å². The zero-order valence-corrected chi connectivity index (χ0v) is 8.40. The van der Waals surface area contributed by atoms with E-state index >= 15 is 0 Å². The third-order valence-corrected chi connectivity index (χ3v) is 2.10. The van der Waals surface area contributed by atoms with Gasteiger partial charge in [-0.3, -0.25) is 4.79 Å². The molecule has 0 saturated heterocycles. The third kappa shape index (κ3) is 1.86. The minimum atomic E-state index is -0.616. The van der Waals surface area contributed by atoms with Gasteiger partial charge in [0.15, 0.2) is 6.29 Å². The van der Waals surface area contributed by atoms with Crippen LogP contribution in [0.5, 0.6) is 0 Å². The molecule has 1 aromatic rings. The summed E-state index contributed by atoms with van der Waals surface area (Å²) >= 11 is 0. The molecule has 0 saturated carbocycles. The van der Waals surface area contributed by atoms with Gasteiger partial charge in [-0.15, -0.1) is 0 Å². The molecule has 15 heavy (non-hydrogen) atoms. The summed E-state index contributed by atoms with van der Waals surface area (Å²) in [5.41, 5.74) is 1.08. The molecule has 1 rings (SSSR count). The van der Waals surface area contributed by atoms with E-state index in [2.05, 4.69) is 4.74 Å². The number of aldehydes is 1. The predicted molar refractivity (Wildman–Crippen MR) is 52.6 cm³/mol. The lowest BCUT2D eigenvalue weighted by Crippen LogP contribution is -2.07. The van der Waals surface area contributed by atoms with Crippen LogP contribution in [0.25, 0.3) is 0 Å². The minimum absolute atomic E-state index is 0.0665. The Bertz CT molecular complexity index is 458. The fraction of sp³-hybridized carbons (Fsp3) is 0.182. The molecule has 0 aromatic heterocycles. The van der Waals surface area contributed by atoms with E-state index in [-0.39, 0.29) is 16.7 Å². The van der Waals surface area contributed by atoms with Crippen molar-refractivity contribution in [3.8, 4) is 6.07 Å². The molecule has 0 aliphatic rings. The number of hydrogen-bond acceptors (Lipinski definition) is 4. The molecule has 0 radical (unpaired) electrons. The summed E-state index contributed by atoms with van der Waals surface area (Å²) < 4.78 is 4.51. The van der Waals surface area contributed by atoms with Gasteiger partial charge < -0.3 is 4.74 Å². The fourth-order valence-electron chi connectivity index (χ4n) is 1.28. The van der Waals surface area contributed by atoms with Gasteiger partial charge in [-0.2, -0.15) is 5.26 Å². The topological polar surface area (TPSA) is 67.2 Å². The Morgan fingerprint density at radius 1 is 1.53 bits per heavy atom. The second kappa shape index (κ2) is 4.38. The minimum Gasteiger partial charge on any atom is -0.465 e. The van der Waals surface area contributed by atoms with Crippen LogP contribution in [-0.4, -0.2) is 19.4 Å². The van der Waals surface area contributed by atoms with Crippen LogP contribution in [0.15, 0.2) is 12.1 Å². The van der Waals surface area contributed by atoms with Gasteiger partial charge in [0.2, 0.25) is 0 Å². The maximum absolute atomic E-state index is 11.3. The number of carbonyl (C=O) groups is 2. The van der Waals surface area contributed by atoms with E-state index < -0.39 is 5.97 Å². The zero-order chi connectivity index (χ0) is 11.4. The largest absolute Gasteiger partial charge is 0.465 e. The van der Waals surface area contributed by atoms with E-state index in [0.29, 0.717) is 11.8 Å². The Labute approximate surface area is 87.1 Å². The van der Waals surface area contributed by atoms with Crippen LogP contribution in [0.2, 0.25) is 0 Å². The summed E-state index contributed by atoms with van der Waals surface area (Å²) in [4.78, 5) is 22.1. The van der Waals surface area contributed by atoms with Crippen LogP contribution in [-0.2, 0) is 4.74 Å². The Kier molecular flexibility index (Phi) is 3.19. The maximum Gasteiger partial charge on any atom is 0.339 e. The van der Waals surface area contributed by atoms with Crippen molar-refractivity contribution in [2.24, 2.45) is 0 Å². The standard InChI is InChI=1S/C11H9NO3/c1-7-3-4-8(11(14)15-2)9(5-12)10(7)6-13/h3-4,6H,1-2H3. The van der Waals surface area contributed by atoms with Crippen LogP contribution >= 0.6 is 0 Å². The molecular weight excluding hydrogens is 194 g/mol. The summed E-state index contributed by atoms with van der Waals surface area (Å²) in [6.07, 6.45) is 0.570. The lowest BCUT2D eigenvalue weighted by Gasteiger charge is -2.05. The van der Waals surface area contributed by atoms with Crippen LogP contribution in [0.1, 0.15) is 31.8 Å². The van der Waals surface area contributed by atoms with Crippen LogP contribution in [0.4, 0.5) is 0 Å². The normalized spacial score (nSPS) is 9.13. The molecule has 0 N–H and O–H groups in total. The first-order valence-corrected chi connectivity index (χ1v) is 4.23. The molecule has 0 aliphatic heterocycles. The Morgan fingerprint density at radius 2 is 2.20 bits per heavy atom. The average molecular weight is 203 g/mol. The molecule has 1 aromatic carbocycles. The van der Waals surface area contributed by atoms with E-state index in [0.717, 1.165) is 0 Å². The van der Waals surface area contributed by atoms with Gasteiger partial charge in [-0.05, 0) is 18.6 Å². The molecule has 0 fully saturated rings. The second-order valence-electron chi connectivity index (χ2n) is 2.94. The highest BCUT2D eigenvalue weighted by atomic mass is 16.5. The van der Waals surface area contributed by atoms with Crippen LogP contribution in [0.3, 0.4) is 0 Å². The summed E-state index contributed by atoms with van der Waals surface area (Å²) in [5, 5.41) is 8.88. The van der Waals surface area contributed by atoms with Gasteiger partial charge in [-0.25, -0.2) is 4.79 Å². The molecule has 0 aliphatic carbocycles. The number of nitriles is 1. The predicted octanol–water partition coefficient (Wildman–Crippen LogP) is 1.47. The van der Waals surface area contributed by atoms with Crippen molar-refractivity contribution in [3.63, 3.8) is 0 Å². The number of ether oxygens (including phenoxy) is 1. The summed E-state index contributed by atoms with van der Waals surface area (Å²) in [6, 6.07) is 4.93. The molecule has 0 amide bonds. The Hall–Kier alpha value is -2.15. The molecule has 0 unspecified atom stereocenters. The van der Waals surface area contributed by atoms with Crippen molar-refractivity contribution in [2.45, 2.75) is 6.92 Å². The lowest BCUT2D eigenvalue weighted by molar-refractivity contribution is 0.0600. The van der Waals surface area contributed by atoms with Gasteiger partial charge in [0.1, 0.15) is 6.07 Å². The van der Waals surface area contributed by atoms with Gasteiger partial charge in [0.25, 0.3) is 0 Å². The maximum atomic E-state index is 11.3. The Balaban J connectivity index is 3.50. The molecule has 0 atom stereocenters. The van der Waals surface area contributed by atoms with Crippen molar-refractivity contribution in [3.05, 3.63) is 34.4 Å². The monoisotopic (exact) mass is 203 g/mol. The van der Waals surface area contributed by atoms with Crippen molar-refractivity contribution in [2.75, 3.05) is 7.11 Å². The number of hydrogen-bond donors (Lipinski definition) is 0. The van der Waals surface area contributed by atoms with Crippen molar-refractivity contribution >= 4 is 12.3 Å². The first-order chi connectivity index (χ1) is 7.15. The number of nitrogens with zero attached hydrogens (tertiary/aromatic N) is 1. The molecule has 0 bridgehead atoms. The van der Waals surface area contributed by atoms with E-state index in [4.69, 9.17) is 5.26 Å². The average Bonchev–Trinajstić information content (AvgIpc) is 2.27. The second-order valence-corrected chi connectivity index (χ2v) is 2.94. The van der Waals surface area contributed by atoms with E-state index in [1.807, 2.05) is 6.07 Å². The van der Waals surface area contributed by atoms with Gasteiger partial charge >= 0.3 is 5.97 Å². The number of aryl methyl sites for hydroxylation is 1. The first-order valence-electron chi connectivity index (χ1n) is 4.23. The number of esters is 1. The summed E-state index contributed by atoms with van der Waals surface area (Å²) in [7, 11) is 1.23. The summed E-state index contributed by atoms with van der Waals surface area (Å²) in [5.74, 6) is -0.616. The number of carbonyl (C=O) groups excluding carboxylic acids is 2. The van der Waals surface area contributed by atoms with Crippen molar-refractivity contribution < 1.29 is 14.3 Å². The molecule has 76 valence electrons. The van der Waals surface area contributed by atoms with Gasteiger partial charge in [0, 0.05) is 5.56 Å². The van der Waals surface area contributed by atoms with E-state index in [1.165, 1.54) is 13.2 Å². The van der Waals surface area contributed by atoms with Crippen molar-refractivity contribution in [1.29, 1.82) is 5.26 Å². The number of methoxy groups -OCH3 is 1. The smallest absolute Gasteiger partial charge is 0.339 e. The lowest BCUT2D eigenvalue weighted by atomic mass is 9.98. The third-order valence-electron chi connectivity index (χ3n) is 2.10. The van der Waals surface area contributed by atoms with E-state index in [1.54, 1.807) is 13.0 Å². The Morgan fingerprint density at radius 3 is 2.67 bits per heavy atom. The fourth-order valence-corrected chi connectivity index (χ4v) is 1.28. The van der Waals surface area contributed by atoms with Gasteiger partial charge in [-0.1, -0.05) is 6.07 Å². The number of rotatable bonds is 2. The first kappa shape index (κ1) is 10.9. The van der Waals surface area contributed by atoms with Crippen LogP contribution in [0, 0.1) is 18.3 Å². The SMILES string of the molecule is COC(=O)c1ccc(C)c(C=O)c1C#N. The highest BCUT2D eigenvalue weighted by Crippen LogP contribution is 2.17. The van der Waals surface area contributed by atoms with E-state index in [9.17, 15) is 9.59 Å². The molecule has 0 spiro atoms. The van der Waals surface area contributed by atoms with Crippen molar-refractivity contribution in [1.82, 2.24) is 0 Å².